The van der Waals surface area contributed by atoms with Gasteiger partial charge in [0.2, 0.25) is 5.91 Å². The SMILES string of the molecule is O=C(CCn1cnc2ccccc2c1=O)N1CCCC1c1nnc2n1CCCCC2. The van der Waals surface area contributed by atoms with Gasteiger partial charge in [0.15, 0.2) is 5.82 Å². The number of nitrogens with zero attached hydrogens (tertiary/aromatic N) is 6. The molecule has 0 N–H and O–H groups in total. The van der Waals surface area contributed by atoms with E-state index in [0.29, 0.717) is 17.4 Å². The fourth-order valence-corrected chi connectivity index (χ4v) is 4.71. The largest absolute Gasteiger partial charge is 0.332 e. The molecule has 3 aromatic rings. The average molecular weight is 406 g/mol. The maximum Gasteiger partial charge on any atom is 0.261 e. The van der Waals surface area contributed by atoms with Crippen LogP contribution in [-0.4, -0.2) is 41.7 Å². The molecule has 8 heteroatoms. The summed E-state index contributed by atoms with van der Waals surface area (Å²) in [5.41, 5.74) is 0.575. The number of hydrogen-bond donors (Lipinski definition) is 0. The van der Waals surface area contributed by atoms with Crippen molar-refractivity contribution >= 4 is 16.8 Å². The summed E-state index contributed by atoms with van der Waals surface area (Å²) in [6.45, 7) is 2.00. The minimum Gasteiger partial charge on any atom is -0.332 e. The zero-order valence-corrected chi connectivity index (χ0v) is 17.0. The van der Waals surface area contributed by atoms with Crippen molar-refractivity contribution in [3.05, 3.63) is 52.6 Å². The van der Waals surface area contributed by atoms with Crippen LogP contribution < -0.4 is 5.56 Å². The molecule has 1 aromatic carbocycles. The fourth-order valence-electron chi connectivity index (χ4n) is 4.71. The Morgan fingerprint density at radius 1 is 1.07 bits per heavy atom. The number of likely N-dealkylation sites (tertiary alicyclic amines) is 1. The predicted molar refractivity (Wildman–Crippen MR) is 112 cm³/mol. The van der Waals surface area contributed by atoms with E-state index in [1.807, 2.05) is 23.1 Å². The first kappa shape index (κ1) is 19.0. The van der Waals surface area contributed by atoms with Gasteiger partial charge in [0.05, 0.1) is 23.3 Å². The van der Waals surface area contributed by atoms with Gasteiger partial charge < -0.3 is 9.47 Å². The molecule has 8 nitrogen and oxygen atoms in total. The minimum atomic E-state index is -0.103. The smallest absolute Gasteiger partial charge is 0.261 e. The zero-order valence-electron chi connectivity index (χ0n) is 17.0. The molecule has 1 atom stereocenters. The molecule has 5 rings (SSSR count). The molecule has 1 unspecified atom stereocenters. The Kier molecular flexibility index (Phi) is 5.06. The van der Waals surface area contributed by atoms with Crippen molar-refractivity contribution in [2.45, 2.75) is 64.1 Å². The summed E-state index contributed by atoms with van der Waals surface area (Å²) in [7, 11) is 0. The number of carbonyl (C=O) groups excluding carboxylic acids is 1. The lowest BCUT2D eigenvalue weighted by molar-refractivity contribution is -0.132. The predicted octanol–water partition coefficient (Wildman–Crippen LogP) is 2.47. The van der Waals surface area contributed by atoms with E-state index in [1.165, 1.54) is 17.3 Å². The van der Waals surface area contributed by atoms with E-state index in [4.69, 9.17) is 0 Å². The highest BCUT2D eigenvalue weighted by Crippen LogP contribution is 2.32. The molecule has 0 spiro atoms. The van der Waals surface area contributed by atoms with Crippen molar-refractivity contribution in [3.63, 3.8) is 0 Å². The van der Waals surface area contributed by atoms with Crippen molar-refractivity contribution in [3.8, 4) is 0 Å². The Labute approximate surface area is 174 Å². The highest BCUT2D eigenvalue weighted by molar-refractivity contribution is 5.78. The van der Waals surface area contributed by atoms with Gasteiger partial charge in [0, 0.05) is 32.5 Å². The molecular weight excluding hydrogens is 380 g/mol. The molecule has 0 saturated carbocycles. The summed E-state index contributed by atoms with van der Waals surface area (Å²) in [6.07, 6.45) is 8.17. The third kappa shape index (κ3) is 3.40. The number of benzene rings is 1. The van der Waals surface area contributed by atoms with Crippen LogP contribution in [-0.2, 0) is 24.3 Å². The highest BCUT2D eigenvalue weighted by atomic mass is 16.2. The van der Waals surface area contributed by atoms with Gasteiger partial charge in [-0.2, -0.15) is 0 Å². The second-order valence-electron chi connectivity index (χ2n) is 8.19. The Hall–Kier alpha value is -3.03. The molecule has 30 heavy (non-hydrogen) atoms. The van der Waals surface area contributed by atoms with Crippen LogP contribution >= 0.6 is 0 Å². The summed E-state index contributed by atoms with van der Waals surface area (Å²) in [4.78, 5) is 32.0. The highest BCUT2D eigenvalue weighted by Gasteiger charge is 2.34. The molecular formula is C22H26N6O2. The summed E-state index contributed by atoms with van der Waals surface area (Å²) in [6, 6.07) is 7.28. The van der Waals surface area contributed by atoms with Crippen molar-refractivity contribution < 1.29 is 4.79 Å². The van der Waals surface area contributed by atoms with Crippen LogP contribution in [0.4, 0.5) is 0 Å². The fraction of sp³-hybridized carbons (Fsp3) is 0.500. The molecule has 2 aromatic heterocycles. The van der Waals surface area contributed by atoms with Gasteiger partial charge >= 0.3 is 0 Å². The number of carbonyl (C=O) groups is 1. The molecule has 0 aliphatic carbocycles. The number of hydrogen-bond acceptors (Lipinski definition) is 5. The third-order valence-corrected chi connectivity index (χ3v) is 6.31. The van der Waals surface area contributed by atoms with Gasteiger partial charge in [0.25, 0.3) is 5.56 Å². The van der Waals surface area contributed by atoms with Crippen LogP contribution in [0.3, 0.4) is 0 Å². The summed E-state index contributed by atoms with van der Waals surface area (Å²) in [5, 5.41) is 9.47. The number of amides is 1. The van der Waals surface area contributed by atoms with Crippen molar-refractivity contribution in [2.24, 2.45) is 0 Å². The van der Waals surface area contributed by atoms with Gasteiger partial charge in [0.1, 0.15) is 5.82 Å². The molecule has 2 aliphatic heterocycles. The second kappa shape index (κ2) is 8.01. The lowest BCUT2D eigenvalue weighted by Gasteiger charge is -2.25. The Bertz CT molecular complexity index is 1130. The van der Waals surface area contributed by atoms with Gasteiger partial charge in [-0.3, -0.25) is 14.2 Å². The van der Waals surface area contributed by atoms with E-state index in [9.17, 15) is 9.59 Å². The number of rotatable bonds is 4. The van der Waals surface area contributed by atoms with Gasteiger partial charge in [-0.25, -0.2) is 4.98 Å². The quantitative estimate of drug-likeness (QED) is 0.664. The number of aryl methyl sites for hydroxylation is 2. The van der Waals surface area contributed by atoms with Gasteiger partial charge in [-0.05, 0) is 37.8 Å². The van der Waals surface area contributed by atoms with Gasteiger partial charge in [-0.15, -0.1) is 10.2 Å². The number of fused-ring (bicyclic) bond motifs is 2. The Balaban J connectivity index is 1.32. The average Bonchev–Trinajstić information content (AvgIpc) is 3.34. The van der Waals surface area contributed by atoms with E-state index < -0.39 is 0 Å². The number of aromatic nitrogens is 5. The van der Waals surface area contributed by atoms with Crippen LogP contribution in [0.1, 0.15) is 56.2 Å². The Morgan fingerprint density at radius 3 is 2.90 bits per heavy atom. The first-order valence-electron chi connectivity index (χ1n) is 10.9. The number of para-hydroxylation sites is 1. The van der Waals surface area contributed by atoms with E-state index in [2.05, 4.69) is 19.7 Å². The van der Waals surface area contributed by atoms with Crippen molar-refractivity contribution in [2.75, 3.05) is 6.54 Å². The van der Waals surface area contributed by atoms with E-state index >= 15 is 0 Å². The second-order valence-corrected chi connectivity index (χ2v) is 8.19. The summed E-state index contributed by atoms with van der Waals surface area (Å²) in [5.74, 6) is 2.04. The Morgan fingerprint density at radius 2 is 1.97 bits per heavy atom. The first-order chi connectivity index (χ1) is 14.7. The summed E-state index contributed by atoms with van der Waals surface area (Å²) >= 11 is 0. The monoisotopic (exact) mass is 406 g/mol. The normalized spacial score (nSPS) is 19.1. The molecule has 1 amide bonds. The standard InChI is InChI=1S/C22H26N6O2/c29-20(11-14-26-15-23-17-8-4-3-7-16(17)22(26)30)27-13-6-9-18(27)21-25-24-19-10-2-1-5-12-28(19)21/h3-4,7-8,15,18H,1-2,5-6,9-14H2. The van der Waals surface area contributed by atoms with Gasteiger partial charge in [-0.1, -0.05) is 18.6 Å². The molecule has 0 radical (unpaired) electrons. The van der Waals surface area contributed by atoms with Crippen LogP contribution in [0.25, 0.3) is 10.9 Å². The third-order valence-electron chi connectivity index (χ3n) is 6.31. The minimum absolute atomic E-state index is 0.0108. The zero-order chi connectivity index (χ0) is 20.5. The molecule has 156 valence electrons. The lowest BCUT2D eigenvalue weighted by Crippen LogP contribution is -2.33. The van der Waals surface area contributed by atoms with Crippen molar-refractivity contribution in [1.82, 2.24) is 29.2 Å². The molecule has 2 aliphatic rings. The molecule has 1 fully saturated rings. The van der Waals surface area contributed by atoms with Crippen LogP contribution in [0.2, 0.25) is 0 Å². The van der Waals surface area contributed by atoms with Crippen LogP contribution in [0.5, 0.6) is 0 Å². The maximum absolute atomic E-state index is 13.1. The van der Waals surface area contributed by atoms with Crippen LogP contribution in [0.15, 0.2) is 35.4 Å². The summed E-state index contributed by atoms with van der Waals surface area (Å²) < 4.78 is 3.77. The molecule has 1 saturated heterocycles. The van der Waals surface area contributed by atoms with Crippen LogP contribution in [0, 0.1) is 0 Å². The molecule has 0 bridgehead atoms. The van der Waals surface area contributed by atoms with E-state index in [0.717, 1.165) is 56.8 Å². The maximum atomic E-state index is 13.1. The first-order valence-corrected chi connectivity index (χ1v) is 10.9. The van der Waals surface area contributed by atoms with E-state index in [-0.39, 0.29) is 23.9 Å². The lowest BCUT2D eigenvalue weighted by atomic mass is 10.2. The van der Waals surface area contributed by atoms with Crippen molar-refractivity contribution in [1.29, 1.82) is 0 Å². The van der Waals surface area contributed by atoms with E-state index in [1.54, 1.807) is 6.07 Å². The molecule has 4 heterocycles. The topological polar surface area (TPSA) is 85.9 Å².